The molecular weight excluding hydrogens is 394 g/mol. The number of aliphatic hydroxyl groups is 3. The predicted octanol–water partition coefficient (Wildman–Crippen LogP) is -5.52. The Labute approximate surface area is 165 Å². The summed E-state index contributed by atoms with van der Waals surface area (Å²) in [4.78, 5) is 58.6. The summed E-state index contributed by atoms with van der Waals surface area (Å²) >= 11 is 0. The van der Waals surface area contributed by atoms with E-state index in [0.29, 0.717) is 0 Å². The fraction of sp³-hybridized carbons (Fsp3) is 0.667. The summed E-state index contributed by atoms with van der Waals surface area (Å²) in [6, 6.07) is -6.38. The van der Waals surface area contributed by atoms with E-state index in [2.05, 4.69) is 10.6 Å². The van der Waals surface area contributed by atoms with Crippen molar-refractivity contribution in [3.8, 4) is 0 Å². The summed E-state index contributed by atoms with van der Waals surface area (Å²) in [6.07, 6.45) is -3.48. The van der Waals surface area contributed by atoms with Crippen LogP contribution < -0.4 is 27.4 Å². The van der Waals surface area contributed by atoms with Crippen LogP contribution in [-0.4, -0.2) is 93.0 Å². The van der Waals surface area contributed by atoms with Crippen LogP contribution >= 0.6 is 0 Å². The van der Waals surface area contributed by atoms with Crippen LogP contribution in [0, 0.1) is 0 Å². The van der Waals surface area contributed by atoms with Crippen molar-refractivity contribution in [3.63, 3.8) is 0 Å². The van der Waals surface area contributed by atoms with Gasteiger partial charge in [0, 0.05) is 0 Å². The first-order chi connectivity index (χ1) is 13.3. The molecule has 0 saturated heterocycles. The molecule has 4 amide bonds. The number of hydrogen-bond donors (Lipinski definition) is 9. The quantitative estimate of drug-likeness (QED) is 0.144. The molecule has 0 fully saturated rings. The second-order valence-electron chi connectivity index (χ2n) is 6.31. The minimum atomic E-state index is -1.73. The highest BCUT2D eigenvalue weighted by Crippen LogP contribution is 2.00. The minimum absolute atomic E-state index is 0.733. The Morgan fingerprint density at radius 2 is 1.34 bits per heavy atom. The van der Waals surface area contributed by atoms with E-state index in [9.17, 15) is 39.3 Å². The zero-order valence-corrected chi connectivity index (χ0v) is 15.9. The van der Waals surface area contributed by atoms with E-state index < -0.39 is 79.0 Å². The lowest BCUT2D eigenvalue weighted by molar-refractivity contribution is -0.145. The lowest BCUT2D eigenvalue weighted by Gasteiger charge is -2.24. The fourth-order valence-corrected chi connectivity index (χ4v) is 2.01. The average molecular weight is 421 g/mol. The van der Waals surface area contributed by atoms with Gasteiger partial charge in [0.05, 0.1) is 25.2 Å². The van der Waals surface area contributed by atoms with Gasteiger partial charge in [-0.2, -0.15) is 0 Å². The fourth-order valence-electron chi connectivity index (χ4n) is 2.01. The molecule has 0 aliphatic carbocycles. The monoisotopic (exact) mass is 421 g/mol. The molecule has 6 atom stereocenters. The molecule has 166 valence electrons. The number of primary amides is 1. The highest BCUT2D eigenvalue weighted by atomic mass is 16.4. The van der Waals surface area contributed by atoms with E-state index in [1.54, 1.807) is 0 Å². The first-order valence-electron chi connectivity index (χ1n) is 8.46. The molecule has 29 heavy (non-hydrogen) atoms. The zero-order valence-electron chi connectivity index (χ0n) is 15.9. The standard InChI is InChI=1S/C15H27N5O9/c1-5(22)10(17)14(27)19-8(4-21)13(26)18-7(3-9(16)24)12(25)20-11(6(2)23)15(28)29/h5-8,10-11,21-23H,3-4,17H2,1-2H3,(H2,16,24)(H,18,26)(H,19,27)(H,20,25)(H,28,29). The first-order valence-corrected chi connectivity index (χ1v) is 8.46. The number of aliphatic hydroxyl groups excluding tert-OH is 3. The van der Waals surface area contributed by atoms with Gasteiger partial charge in [0.25, 0.3) is 0 Å². The van der Waals surface area contributed by atoms with Crippen LogP contribution in [-0.2, 0) is 24.0 Å². The van der Waals surface area contributed by atoms with Crippen LogP contribution in [0.1, 0.15) is 20.3 Å². The van der Waals surface area contributed by atoms with E-state index in [0.717, 1.165) is 6.92 Å². The SMILES string of the molecule is CC(O)C(N)C(=O)NC(CO)C(=O)NC(CC(N)=O)C(=O)NC(C(=O)O)C(C)O. The van der Waals surface area contributed by atoms with Crippen LogP contribution in [0.15, 0.2) is 0 Å². The van der Waals surface area contributed by atoms with Crippen LogP contribution in [0.25, 0.3) is 0 Å². The van der Waals surface area contributed by atoms with Gasteiger partial charge in [-0.3, -0.25) is 19.2 Å². The maximum atomic E-state index is 12.3. The molecule has 11 N–H and O–H groups in total. The topological polar surface area (TPSA) is 254 Å². The van der Waals surface area contributed by atoms with Crippen molar-refractivity contribution in [1.82, 2.24) is 16.0 Å². The van der Waals surface area contributed by atoms with Crippen molar-refractivity contribution in [2.45, 2.75) is 56.6 Å². The number of amides is 4. The highest BCUT2D eigenvalue weighted by molar-refractivity contribution is 5.96. The Hall–Kier alpha value is -2.81. The second kappa shape index (κ2) is 11.9. The summed E-state index contributed by atoms with van der Waals surface area (Å²) in [5.41, 5.74) is 10.4. The van der Waals surface area contributed by atoms with Crippen LogP contribution in [0.3, 0.4) is 0 Å². The molecule has 0 aliphatic heterocycles. The molecule has 14 heteroatoms. The molecule has 14 nitrogen and oxygen atoms in total. The van der Waals surface area contributed by atoms with Crippen molar-refractivity contribution in [2.24, 2.45) is 11.5 Å². The Kier molecular flexibility index (Phi) is 10.7. The van der Waals surface area contributed by atoms with Crippen molar-refractivity contribution < 1.29 is 44.4 Å². The maximum Gasteiger partial charge on any atom is 0.328 e. The Morgan fingerprint density at radius 1 is 0.862 bits per heavy atom. The summed E-state index contributed by atoms with van der Waals surface area (Å²) in [7, 11) is 0. The van der Waals surface area contributed by atoms with Crippen molar-refractivity contribution in [3.05, 3.63) is 0 Å². The predicted molar refractivity (Wildman–Crippen MR) is 95.7 cm³/mol. The summed E-state index contributed by atoms with van der Waals surface area (Å²) in [5, 5.41) is 43.0. The lowest BCUT2D eigenvalue weighted by atomic mass is 10.1. The van der Waals surface area contributed by atoms with E-state index >= 15 is 0 Å². The van der Waals surface area contributed by atoms with E-state index in [4.69, 9.17) is 16.6 Å². The number of carbonyl (C=O) groups is 5. The largest absolute Gasteiger partial charge is 0.480 e. The van der Waals surface area contributed by atoms with Crippen LogP contribution in [0.4, 0.5) is 0 Å². The molecule has 0 aliphatic rings. The van der Waals surface area contributed by atoms with Crippen LogP contribution in [0.5, 0.6) is 0 Å². The van der Waals surface area contributed by atoms with Gasteiger partial charge in [0.2, 0.25) is 23.6 Å². The minimum Gasteiger partial charge on any atom is -0.480 e. The maximum absolute atomic E-state index is 12.3. The average Bonchev–Trinajstić information content (AvgIpc) is 2.61. The third-order valence-electron chi connectivity index (χ3n) is 3.72. The zero-order chi connectivity index (χ0) is 22.9. The van der Waals surface area contributed by atoms with Gasteiger partial charge in [0.15, 0.2) is 6.04 Å². The molecule has 0 radical (unpaired) electrons. The van der Waals surface area contributed by atoms with Gasteiger partial charge < -0.3 is 47.8 Å². The normalized spacial score (nSPS) is 17.0. The van der Waals surface area contributed by atoms with E-state index in [-0.39, 0.29) is 0 Å². The summed E-state index contributed by atoms with van der Waals surface area (Å²) < 4.78 is 0. The Balaban J connectivity index is 5.30. The first kappa shape index (κ1) is 26.2. The molecule has 6 unspecified atom stereocenters. The molecule has 0 rings (SSSR count). The molecule has 0 aromatic heterocycles. The number of rotatable bonds is 12. The molecule has 0 heterocycles. The molecule has 0 aromatic rings. The van der Waals surface area contributed by atoms with Gasteiger partial charge in [-0.05, 0) is 13.8 Å². The number of carboxylic acid groups (broad SMARTS) is 1. The van der Waals surface area contributed by atoms with Crippen molar-refractivity contribution >= 4 is 29.6 Å². The third-order valence-corrected chi connectivity index (χ3v) is 3.72. The Morgan fingerprint density at radius 3 is 1.72 bits per heavy atom. The van der Waals surface area contributed by atoms with Crippen LogP contribution in [0.2, 0.25) is 0 Å². The van der Waals surface area contributed by atoms with Crippen molar-refractivity contribution in [1.29, 1.82) is 0 Å². The lowest BCUT2D eigenvalue weighted by Crippen LogP contribution is -2.60. The smallest absolute Gasteiger partial charge is 0.328 e. The number of nitrogens with two attached hydrogens (primary N) is 2. The number of carbonyl (C=O) groups excluding carboxylic acids is 4. The summed E-state index contributed by atoms with van der Waals surface area (Å²) in [6.45, 7) is 1.41. The number of carboxylic acids is 1. The highest BCUT2D eigenvalue weighted by Gasteiger charge is 2.32. The van der Waals surface area contributed by atoms with Gasteiger partial charge in [-0.15, -0.1) is 0 Å². The number of hydrogen-bond acceptors (Lipinski definition) is 9. The third kappa shape index (κ3) is 8.82. The molecule has 0 bridgehead atoms. The number of nitrogens with one attached hydrogen (secondary N) is 3. The van der Waals surface area contributed by atoms with Gasteiger partial charge >= 0.3 is 5.97 Å². The molecule has 0 saturated carbocycles. The van der Waals surface area contributed by atoms with E-state index in [1.807, 2.05) is 5.32 Å². The molecule has 0 spiro atoms. The van der Waals surface area contributed by atoms with Gasteiger partial charge in [0.1, 0.15) is 18.1 Å². The van der Waals surface area contributed by atoms with E-state index in [1.165, 1.54) is 6.92 Å². The molecular formula is C15H27N5O9. The number of aliphatic carboxylic acids is 1. The second-order valence-corrected chi connectivity index (χ2v) is 6.31. The van der Waals surface area contributed by atoms with Gasteiger partial charge in [-0.25, -0.2) is 4.79 Å². The van der Waals surface area contributed by atoms with Crippen molar-refractivity contribution in [2.75, 3.05) is 6.61 Å². The Bertz CT molecular complexity index is 625. The van der Waals surface area contributed by atoms with Gasteiger partial charge in [-0.1, -0.05) is 0 Å². The summed E-state index contributed by atoms with van der Waals surface area (Å²) in [5.74, 6) is -5.80. The molecule has 0 aromatic carbocycles.